The summed E-state index contributed by atoms with van der Waals surface area (Å²) in [6.45, 7) is 1.77. The predicted octanol–water partition coefficient (Wildman–Crippen LogP) is 3.46. The van der Waals surface area contributed by atoms with E-state index < -0.39 is 0 Å². The number of halogens is 1. The molecule has 2 aromatic rings. The first-order valence-corrected chi connectivity index (χ1v) is 8.48. The van der Waals surface area contributed by atoms with Gasteiger partial charge < -0.3 is 4.90 Å². The van der Waals surface area contributed by atoms with E-state index in [1.807, 2.05) is 25.1 Å². The highest BCUT2D eigenvalue weighted by molar-refractivity contribution is 7.10. The number of hydrogen-bond acceptors (Lipinski definition) is 5. The number of hydrogen-bond donors (Lipinski definition) is 0. The molecular weight excluding hydrogens is 339 g/mol. The molecule has 1 aromatic heterocycles. The van der Waals surface area contributed by atoms with Crippen LogP contribution in [0, 0.1) is 12.7 Å². The third-order valence-electron chi connectivity index (χ3n) is 4.23. The molecule has 0 spiro atoms. The molecular formula is C18H15FN4OS. The van der Waals surface area contributed by atoms with Crippen LogP contribution < -0.4 is 10.5 Å². The van der Waals surface area contributed by atoms with E-state index in [1.54, 1.807) is 19.2 Å². The summed E-state index contributed by atoms with van der Waals surface area (Å²) in [4.78, 5) is 20.5. The van der Waals surface area contributed by atoms with E-state index in [1.165, 1.54) is 34.6 Å². The summed E-state index contributed by atoms with van der Waals surface area (Å²) in [7, 11) is 3.85. The Balaban J connectivity index is 2.10. The van der Waals surface area contributed by atoms with Crippen LogP contribution in [-0.4, -0.2) is 28.0 Å². The van der Waals surface area contributed by atoms with Crippen molar-refractivity contribution in [3.63, 3.8) is 0 Å². The van der Waals surface area contributed by atoms with Gasteiger partial charge in [0.15, 0.2) is 0 Å². The standard InChI is InChI=1S/C18H15FN4OS/c1-10-8-11(19)4-5-13(10)23-9-20-15-14(18(23)24)17-12(6-7-21-25-17)16(15)22(2)3/h4-9H,1-3H3. The van der Waals surface area contributed by atoms with Crippen molar-refractivity contribution in [3.8, 4) is 16.1 Å². The molecule has 7 heteroatoms. The van der Waals surface area contributed by atoms with Gasteiger partial charge in [-0.15, -0.1) is 0 Å². The molecule has 0 atom stereocenters. The highest BCUT2D eigenvalue weighted by Gasteiger charge is 2.24. The van der Waals surface area contributed by atoms with E-state index in [0.29, 0.717) is 22.2 Å². The van der Waals surface area contributed by atoms with Crippen molar-refractivity contribution in [2.75, 3.05) is 19.0 Å². The SMILES string of the molecule is Cc1cc(F)ccc1-n1cnc2c(N(C)C)c3ccnsc-3c2c1=O. The molecule has 126 valence electrons. The number of nitrogens with zero attached hydrogens (tertiary/aromatic N) is 4. The topological polar surface area (TPSA) is 51.0 Å². The molecule has 0 saturated carbocycles. The third kappa shape index (κ3) is 2.31. The second-order valence-electron chi connectivity index (χ2n) is 6.07. The quantitative estimate of drug-likeness (QED) is 0.553. The molecule has 0 N–H and O–H groups in total. The minimum Gasteiger partial charge on any atom is -0.375 e. The van der Waals surface area contributed by atoms with Crippen molar-refractivity contribution in [2.45, 2.75) is 6.92 Å². The Morgan fingerprint density at radius 1 is 1.24 bits per heavy atom. The van der Waals surface area contributed by atoms with Crippen LogP contribution >= 0.6 is 11.5 Å². The van der Waals surface area contributed by atoms with Crippen LogP contribution in [0.2, 0.25) is 0 Å². The van der Waals surface area contributed by atoms with E-state index in [0.717, 1.165) is 16.1 Å². The number of aryl methyl sites for hydroxylation is 1. The van der Waals surface area contributed by atoms with Crippen LogP contribution in [0.1, 0.15) is 5.56 Å². The van der Waals surface area contributed by atoms with Crippen molar-refractivity contribution in [1.29, 1.82) is 0 Å². The van der Waals surface area contributed by atoms with Gasteiger partial charge in [-0.2, -0.15) is 0 Å². The molecule has 4 rings (SSSR count). The summed E-state index contributed by atoms with van der Waals surface area (Å²) in [6, 6.07) is 6.25. The lowest BCUT2D eigenvalue weighted by molar-refractivity contribution is 0.626. The minimum atomic E-state index is -0.330. The van der Waals surface area contributed by atoms with E-state index in [-0.39, 0.29) is 11.4 Å². The lowest BCUT2D eigenvalue weighted by Gasteiger charge is -2.13. The van der Waals surface area contributed by atoms with Gasteiger partial charge in [-0.25, -0.2) is 13.7 Å². The van der Waals surface area contributed by atoms with Crippen molar-refractivity contribution < 1.29 is 4.39 Å². The summed E-state index contributed by atoms with van der Waals surface area (Å²) >= 11 is 1.28. The molecule has 1 aliphatic heterocycles. The lowest BCUT2D eigenvalue weighted by Crippen LogP contribution is -2.19. The van der Waals surface area contributed by atoms with E-state index >= 15 is 0 Å². The van der Waals surface area contributed by atoms with Crippen LogP contribution in [-0.2, 0) is 0 Å². The maximum absolute atomic E-state index is 13.4. The molecule has 0 amide bonds. The average Bonchev–Trinajstić information content (AvgIpc) is 2.91. The molecule has 1 aromatic carbocycles. The van der Waals surface area contributed by atoms with Crippen molar-refractivity contribution in [3.05, 3.63) is 58.5 Å². The zero-order valence-corrected chi connectivity index (χ0v) is 14.8. The normalized spacial score (nSPS) is 11.4. The molecule has 2 heterocycles. The molecule has 0 radical (unpaired) electrons. The number of fused-ring (bicyclic) bond motifs is 3. The molecule has 0 saturated heterocycles. The molecule has 0 fully saturated rings. The van der Waals surface area contributed by atoms with Gasteiger partial charge in [0.2, 0.25) is 0 Å². The van der Waals surface area contributed by atoms with Gasteiger partial charge in [0.05, 0.1) is 21.6 Å². The Morgan fingerprint density at radius 3 is 2.76 bits per heavy atom. The fourth-order valence-electron chi connectivity index (χ4n) is 3.16. The van der Waals surface area contributed by atoms with Crippen LogP contribution in [0.15, 0.2) is 41.6 Å². The van der Waals surface area contributed by atoms with Gasteiger partial charge in [0.1, 0.15) is 17.7 Å². The molecule has 5 nitrogen and oxygen atoms in total. The number of benzene rings is 1. The van der Waals surface area contributed by atoms with Crippen molar-refractivity contribution in [2.24, 2.45) is 0 Å². The van der Waals surface area contributed by atoms with E-state index in [9.17, 15) is 9.18 Å². The van der Waals surface area contributed by atoms with Gasteiger partial charge in [0, 0.05) is 25.9 Å². The second-order valence-corrected chi connectivity index (χ2v) is 6.87. The summed E-state index contributed by atoms with van der Waals surface area (Å²) < 4.78 is 19.1. The lowest BCUT2D eigenvalue weighted by atomic mass is 10.2. The zero-order chi connectivity index (χ0) is 17.7. The summed E-state index contributed by atoms with van der Waals surface area (Å²) in [5, 5.41) is 0.544. The highest BCUT2D eigenvalue weighted by Crippen LogP contribution is 2.43. The van der Waals surface area contributed by atoms with Gasteiger partial charge >= 0.3 is 0 Å². The highest BCUT2D eigenvalue weighted by atomic mass is 32.1. The molecule has 1 aliphatic carbocycles. The Kier molecular flexibility index (Phi) is 3.54. The number of aromatic nitrogens is 3. The molecule has 2 aliphatic rings. The molecule has 25 heavy (non-hydrogen) atoms. The minimum absolute atomic E-state index is 0.179. The van der Waals surface area contributed by atoms with Crippen LogP contribution in [0.3, 0.4) is 0 Å². The summed E-state index contributed by atoms with van der Waals surface area (Å²) in [5.74, 6) is -0.330. The fraction of sp³-hybridized carbons (Fsp3) is 0.167. The monoisotopic (exact) mass is 354 g/mol. The van der Waals surface area contributed by atoms with Gasteiger partial charge in [-0.3, -0.25) is 9.36 Å². The maximum atomic E-state index is 13.4. The predicted molar refractivity (Wildman–Crippen MR) is 98.7 cm³/mol. The first-order valence-electron chi connectivity index (χ1n) is 7.70. The largest absolute Gasteiger partial charge is 0.375 e. The smallest absolute Gasteiger partial charge is 0.267 e. The number of anilines is 1. The Morgan fingerprint density at radius 2 is 2.04 bits per heavy atom. The van der Waals surface area contributed by atoms with Crippen molar-refractivity contribution in [1.82, 2.24) is 13.9 Å². The number of rotatable bonds is 2. The van der Waals surface area contributed by atoms with E-state index in [4.69, 9.17) is 0 Å². The van der Waals surface area contributed by atoms with E-state index in [2.05, 4.69) is 9.36 Å². The van der Waals surface area contributed by atoms with Crippen LogP contribution in [0.5, 0.6) is 0 Å². The first kappa shape index (κ1) is 15.7. The fourth-order valence-corrected chi connectivity index (χ4v) is 3.92. The van der Waals surface area contributed by atoms with Gasteiger partial charge in [0.25, 0.3) is 5.56 Å². The average molecular weight is 354 g/mol. The molecule has 0 bridgehead atoms. The van der Waals surface area contributed by atoms with Crippen LogP contribution in [0.25, 0.3) is 27.0 Å². The Labute approximate surface area is 147 Å². The Hall–Kier alpha value is -2.80. The second kappa shape index (κ2) is 5.63. The van der Waals surface area contributed by atoms with Gasteiger partial charge in [-0.1, -0.05) is 0 Å². The van der Waals surface area contributed by atoms with Gasteiger partial charge in [-0.05, 0) is 48.3 Å². The van der Waals surface area contributed by atoms with Crippen LogP contribution in [0.4, 0.5) is 10.1 Å². The third-order valence-corrected chi connectivity index (χ3v) is 5.07. The maximum Gasteiger partial charge on any atom is 0.267 e. The van der Waals surface area contributed by atoms with Crippen molar-refractivity contribution >= 4 is 28.1 Å². The summed E-state index contributed by atoms with van der Waals surface area (Å²) in [6.07, 6.45) is 3.23. The molecule has 0 unspecified atom stereocenters. The summed E-state index contributed by atoms with van der Waals surface area (Å²) in [5.41, 5.74) is 3.64. The zero-order valence-electron chi connectivity index (χ0n) is 13.9. The first-order chi connectivity index (χ1) is 12.0. The Bertz CT molecular complexity index is 1130.